The minimum Gasteiger partial charge on any atom is -0.364 e. The number of amides is 1. The van der Waals surface area contributed by atoms with Crippen LogP contribution in [0.4, 0.5) is 5.69 Å². The van der Waals surface area contributed by atoms with E-state index in [9.17, 15) is 4.79 Å². The Morgan fingerprint density at radius 2 is 2.00 bits per heavy atom. The van der Waals surface area contributed by atoms with Gasteiger partial charge in [-0.15, -0.1) is 0 Å². The van der Waals surface area contributed by atoms with Gasteiger partial charge in [-0.05, 0) is 23.5 Å². The van der Waals surface area contributed by atoms with E-state index in [0.717, 1.165) is 11.3 Å². The van der Waals surface area contributed by atoms with E-state index in [-0.39, 0.29) is 18.1 Å². The molecule has 0 heterocycles. The monoisotopic (exact) mass is 375 g/mol. The summed E-state index contributed by atoms with van der Waals surface area (Å²) in [6.07, 6.45) is 0. The highest BCUT2D eigenvalue weighted by Gasteiger charge is 2.25. The molecule has 0 unspecified atom stereocenters. The van der Waals surface area contributed by atoms with Crippen molar-refractivity contribution in [2.45, 2.75) is 33.1 Å². The van der Waals surface area contributed by atoms with Crippen molar-refractivity contribution in [1.29, 1.82) is 0 Å². The van der Waals surface area contributed by atoms with E-state index >= 15 is 0 Å². The van der Waals surface area contributed by atoms with Crippen molar-refractivity contribution >= 4 is 34.2 Å². The Bertz CT molecular complexity index is 452. The number of rotatable bonds is 4. The fourth-order valence-electron chi connectivity index (χ4n) is 2.08. The number of aryl methyl sites for hydroxylation is 1. The zero-order chi connectivity index (χ0) is 14.6. The second-order valence-corrected chi connectivity index (χ2v) is 6.36. The van der Waals surface area contributed by atoms with Gasteiger partial charge in [-0.1, -0.05) is 61.6 Å². The fourth-order valence-corrected chi connectivity index (χ4v) is 2.50. The number of hydrogen-bond donors (Lipinski definition) is 0. The number of alkyl halides is 1. The van der Waals surface area contributed by atoms with Crippen LogP contribution in [0.1, 0.15) is 31.9 Å². The third-order valence-electron chi connectivity index (χ3n) is 2.99. The number of nitrogens with zero attached hydrogens (tertiary/aromatic N) is 1. The highest BCUT2D eigenvalue weighted by molar-refractivity contribution is 14.1. The molecule has 19 heavy (non-hydrogen) atoms. The van der Waals surface area contributed by atoms with Crippen LogP contribution in [0, 0.1) is 6.92 Å². The highest BCUT2D eigenvalue weighted by Crippen LogP contribution is 2.34. The number of hydrogen-bond acceptors (Lipinski definition) is 2. The van der Waals surface area contributed by atoms with E-state index in [4.69, 9.17) is 4.74 Å². The van der Waals surface area contributed by atoms with Crippen molar-refractivity contribution in [3.63, 3.8) is 0 Å². The van der Waals surface area contributed by atoms with Gasteiger partial charge < -0.3 is 4.74 Å². The number of halogens is 1. The van der Waals surface area contributed by atoms with E-state index in [2.05, 4.69) is 49.4 Å². The smallest absolute Gasteiger partial charge is 0.238 e. The maximum absolute atomic E-state index is 12.2. The number of carbonyl (C=O) groups excluding carboxylic acids is 1. The lowest BCUT2D eigenvalue weighted by molar-refractivity contribution is -0.116. The summed E-state index contributed by atoms with van der Waals surface area (Å²) in [5.74, 6) is 0.0715. The highest BCUT2D eigenvalue weighted by atomic mass is 127. The Kier molecular flexibility index (Phi) is 5.80. The summed E-state index contributed by atoms with van der Waals surface area (Å²) in [7, 11) is 1.61. The molecular weight excluding hydrogens is 353 g/mol. The van der Waals surface area contributed by atoms with Crippen LogP contribution in [0.3, 0.4) is 0 Å². The summed E-state index contributed by atoms with van der Waals surface area (Å²) in [5.41, 5.74) is 3.24. The van der Waals surface area contributed by atoms with Crippen LogP contribution in [0.25, 0.3) is 0 Å². The molecule has 1 amide bonds. The molecule has 0 bridgehead atoms. The van der Waals surface area contributed by atoms with Gasteiger partial charge in [0.25, 0.3) is 0 Å². The average molecular weight is 375 g/mol. The minimum absolute atomic E-state index is 0.0150. The molecule has 0 saturated carbocycles. The predicted octanol–water partition coefficient (Wildman–Crippen LogP) is 3.66. The van der Waals surface area contributed by atoms with Crippen molar-refractivity contribution in [3.05, 3.63) is 29.3 Å². The second-order valence-electron chi connectivity index (χ2n) is 5.59. The molecule has 0 saturated heterocycles. The third kappa shape index (κ3) is 3.92. The maximum Gasteiger partial charge on any atom is 0.238 e. The lowest BCUT2D eigenvalue weighted by atomic mass is 9.84. The van der Waals surface area contributed by atoms with E-state index in [0.29, 0.717) is 4.43 Å². The molecule has 1 rings (SSSR count). The number of benzene rings is 1. The van der Waals surface area contributed by atoms with E-state index in [1.165, 1.54) is 5.56 Å². The molecule has 0 aromatic heterocycles. The minimum atomic E-state index is -0.0150. The topological polar surface area (TPSA) is 29.5 Å². The van der Waals surface area contributed by atoms with Crippen molar-refractivity contribution in [1.82, 2.24) is 0 Å². The molecule has 0 fully saturated rings. The first-order valence-electron chi connectivity index (χ1n) is 6.28. The molecular formula is C15H22INO2. The molecule has 1 aromatic carbocycles. The van der Waals surface area contributed by atoms with Gasteiger partial charge in [-0.3, -0.25) is 9.69 Å². The van der Waals surface area contributed by atoms with Crippen molar-refractivity contribution in [3.8, 4) is 0 Å². The molecule has 0 N–H and O–H groups in total. The normalized spacial score (nSPS) is 11.5. The molecule has 0 aliphatic rings. The van der Waals surface area contributed by atoms with Crippen LogP contribution in [-0.2, 0) is 14.9 Å². The number of methoxy groups -OCH3 is 1. The Morgan fingerprint density at radius 1 is 1.37 bits per heavy atom. The predicted molar refractivity (Wildman–Crippen MR) is 88.1 cm³/mol. The Labute approximate surface area is 129 Å². The third-order valence-corrected chi connectivity index (χ3v) is 3.64. The molecule has 0 atom stereocenters. The van der Waals surface area contributed by atoms with Crippen molar-refractivity contribution in [2.75, 3.05) is 23.2 Å². The van der Waals surface area contributed by atoms with Gasteiger partial charge in [-0.2, -0.15) is 0 Å². The molecule has 1 aromatic rings. The van der Waals surface area contributed by atoms with Gasteiger partial charge in [0, 0.05) is 7.11 Å². The molecule has 0 aliphatic carbocycles. The van der Waals surface area contributed by atoms with Crippen molar-refractivity contribution in [2.24, 2.45) is 0 Å². The first-order valence-corrected chi connectivity index (χ1v) is 7.80. The first-order chi connectivity index (χ1) is 8.82. The lowest BCUT2D eigenvalue weighted by Gasteiger charge is -2.31. The summed E-state index contributed by atoms with van der Waals surface area (Å²) >= 11 is 2.09. The number of ether oxygens (including phenoxy) is 1. The molecule has 0 aliphatic heterocycles. The van der Waals surface area contributed by atoms with Gasteiger partial charge in [0.05, 0.1) is 10.1 Å². The molecule has 4 heteroatoms. The largest absolute Gasteiger partial charge is 0.364 e. The van der Waals surface area contributed by atoms with Crippen LogP contribution in [0.2, 0.25) is 0 Å². The molecule has 0 radical (unpaired) electrons. The zero-order valence-corrected chi connectivity index (χ0v) is 14.4. The van der Waals surface area contributed by atoms with Crippen LogP contribution >= 0.6 is 22.6 Å². The van der Waals surface area contributed by atoms with Gasteiger partial charge >= 0.3 is 0 Å². The van der Waals surface area contributed by atoms with Gasteiger partial charge in [0.1, 0.15) is 6.73 Å². The number of anilines is 1. The summed E-state index contributed by atoms with van der Waals surface area (Å²) in [6.45, 7) is 8.80. The standard InChI is InChI=1S/C15H22INO2/c1-11-7-6-8-12(15(2,3)4)14(11)17(10-19-5)13(18)9-16/h6-8H,9-10H2,1-5H3. The van der Waals surface area contributed by atoms with E-state index < -0.39 is 0 Å². The maximum atomic E-state index is 12.2. The van der Waals surface area contributed by atoms with Gasteiger partial charge in [0.2, 0.25) is 5.91 Å². The summed E-state index contributed by atoms with van der Waals surface area (Å²) < 4.78 is 5.65. The van der Waals surface area contributed by atoms with Gasteiger partial charge in [0.15, 0.2) is 0 Å². The number of carbonyl (C=O) groups is 1. The van der Waals surface area contributed by atoms with E-state index in [1.54, 1.807) is 12.0 Å². The summed E-state index contributed by atoms with van der Waals surface area (Å²) in [6, 6.07) is 6.16. The lowest BCUT2D eigenvalue weighted by Crippen LogP contribution is -2.36. The van der Waals surface area contributed by atoms with Crippen LogP contribution in [0.15, 0.2) is 18.2 Å². The van der Waals surface area contributed by atoms with Gasteiger partial charge in [-0.25, -0.2) is 0 Å². The summed E-state index contributed by atoms with van der Waals surface area (Å²) in [5, 5.41) is 0. The quantitative estimate of drug-likeness (QED) is 0.457. The number of para-hydroxylation sites is 1. The Balaban J connectivity index is 3.40. The Hall–Kier alpha value is -0.620. The molecule has 3 nitrogen and oxygen atoms in total. The first kappa shape index (κ1) is 16.4. The Morgan fingerprint density at radius 3 is 2.47 bits per heavy atom. The average Bonchev–Trinajstić information content (AvgIpc) is 2.34. The van der Waals surface area contributed by atoms with Crippen LogP contribution in [0.5, 0.6) is 0 Å². The molecule has 106 valence electrons. The van der Waals surface area contributed by atoms with E-state index in [1.807, 2.05) is 19.1 Å². The second kappa shape index (κ2) is 6.70. The fraction of sp³-hybridized carbons (Fsp3) is 0.533. The molecule has 0 spiro atoms. The van der Waals surface area contributed by atoms with Crippen LogP contribution < -0.4 is 4.90 Å². The zero-order valence-electron chi connectivity index (χ0n) is 12.3. The summed E-state index contributed by atoms with van der Waals surface area (Å²) in [4.78, 5) is 13.9. The SMILES string of the molecule is COCN(C(=O)CI)c1c(C)cccc1C(C)(C)C. The van der Waals surface area contributed by atoms with Crippen molar-refractivity contribution < 1.29 is 9.53 Å². The van der Waals surface area contributed by atoms with Crippen LogP contribution in [-0.4, -0.2) is 24.2 Å².